The van der Waals surface area contributed by atoms with Gasteiger partial charge in [0.05, 0.1) is 11.2 Å². The number of aromatic nitrogens is 1. The Bertz CT molecular complexity index is 1070. The lowest BCUT2D eigenvalue weighted by Gasteiger charge is -2.08. The van der Waals surface area contributed by atoms with Crippen LogP contribution in [-0.4, -0.2) is 29.8 Å². The summed E-state index contributed by atoms with van der Waals surface area (Å²) in [6.45, 7) is 2.19. The van der Waals surface area contributed by atoms with Gasteiger partial charge in [-0.05, 0) is 48.9 Å². The van der Waals surface area contributed by atoms with E-state index in [1.165, 1.54) is 10.8 Å². The first-order chi connectivity index (χ1) is 13.2. The average molecular weight is 361 g/mol. The highest BCUT2D eigenvalue weighted by atomic mass is 16.5. The van der Waals surface area contributed by atoms with Gasteiger partial charge in [-0.2, -0.15) is 0 Å². The number of ether oxygens (including phenoxy) is 1. The molecule has 0 aliphatic heterocycles. The van der Waals surface area contributed by atoms with E-state index in [9.17, 15) is 5.11 Å². The van der Waals surface area contributed by atoms with Gasteiger partial charge in [0.15, 0.2) is 0 Å². The van der Waals surface area contributed by atoms with Crippen LogP contribution in [0.4, 0.5) is 5.69 Å². The highest BCUT2D eigenvalue weighted by Gasteiger charge is 2.05. The Morgan fingerprint density at radius 1 is 0.926 bits per heavy atom. The molecule has 5 nitrogen and oxygen atoms in total. The molecule has 27 heavy (non-hydrogen) atoms. The molecule has 0 fully saturated rings. The zero-order chi connectivity index (χ0) is 18.6. The number of aromatic hydroxyl groups is 1. The molecular formula is C22H23N3O2. The number of aromatic amines is 1. The zero-order valence-corrected chi connectivity index (χ0v) is 15.0. The molecule has 1 aromatic heterocycles. The number of hydrogen-bond donors (Lipinski definition) is 4. The Labute approximate surface area is 157 Å². The topological polar surface area (TPSA) is 83.3 Å². The number of para-hydroxylation sites is 1. The van der Waals surface area contributed by atoms with Gasteiger partial charge in [-0.3, -0.25) is 0 Å². The third kappa shape index (κ3) is 3.83. The lowest BCUT2D eigenvalue weighted by Crippen LogP contribution is -2.23. The van der Waals surface area contributed by atoms with Crippen molar-refractivity contribution in [1.82, 2.24) is 10.3 Å². The van der Waals surface area contributed by atoms with Crippen molar-refractivity contribution in [2.45, 2.75) is 6.42 Å². The number of fused-ring (bicyclic) bond motifs is 3. The van der Waals surface area contributed by atoms with E-state index in [-0.39, 0.29) is 5.75 Å². The van der Waals surface area contributed by atoms with Crippen molar-refractivity contribution in [1.29, 1.82) is 0 Å². The third-order valence-electron chi connectivity index (χ3n) is 4.71. The number of anilines is 1. The van der Waals surface area contributed by atoms with Gasteiger partial charge in [0.25, 0.3) is 0 Å². The van der Waals surface area contributed by atoms with Crippen LogP contribution in [0.3, 0.4) is 0 Å². The fourth-order valence-corrected chi connectivity index (χ4v) is 3.28. The van der Waals surface area contributed by atoms with Crippen molar-refractivity contribution in [3.05, 3.63) is 66.2 Å². The minimum Gasteiger partial charge on any atom is -0.506 e. The largest absolute Gasteiger partial charge is 0.506 e. The van der Waals surface area contributed by atoms with Crippen LogP contribution in [0.25, 0.3) is 21.8 Å². The van der Waals surface area contributed by atoms with Crippen LogP contribution in [0.1, 0.15) is 5.56 Å². The molecule has 0 saturated heterocycles. The summed E-state index contributed by atoms with van der Waals surface area (Å²) in [5.74, 6) is 0.995. The highest BCUT2D eigenvalue weighted by molar-refractivity contribution is 6.07. The Kier molecular flexibility index (Phi) is 4.85. The molecule has 0 unspecified atom stereocenters. The first-order valence-electron chi connectivity index (χ1n) is 9.12. The average Bonchev–Trinajstić information content (AvgIpc) is 3.05. The Hall–Kier alpha value is -3.18. The second-order valence-electron chi connectivity index (χ2n) is 6.62. The number of rotatable bonds is 7. The van der Waals surface area contributed by atoms with Crippen LogP contribution in [0.5, 0.6) is 11.5 Å². The maximum atomic E-state index is 9.44. The SMILES string of the molecule is Nc1cc(CCNCCOc2ccc3c(c2)[nH]c2ccccc23)ccc1O. The summed E-state index contributed by atoms with van der Waals surface area (Å²) in [5, 5.41) is 15.2. The molecule has 0 aliphatic rings. The molecule has 0 spiro atoms. The van der Waals surface area contributed by atoms with E-state index < -0.39 is 0 Å². The van der Waals surface area contributed by atoms with Crippen molar-refractivity contribution < 1.29 is 9.84 Å². The Morgan fingerprint density at radius 2 is 1.78 bits per heavy atom. The molecule has 0 bridgehead atoms. The number of nitrogen functional groups attached to an aromatic ring is 1. The molecule has 1 heterocycles. The van der Waals surface area contributed by atoms with Gasteiger partial charge in [0.1, 0.15) is 18.1 Å². The quantitative estimate of drug-likeness (QED) is 0.229. The Balaban J connectivity index is 1.26. The molecular weight excluding hydrogens is 338 g/mol. The van der Waals surface area contributed by atoms with Gasteiger partial charge in [0, 0.05) is 28.9 Å². The first kappa shape index (κ1) is 17.2. The van der Waals surface area contributed by atoms with Crippen LogP contribution >= 0.6 is 0 Å². The smallest absolute Gasteiger partial charge is 0.138 e. The summed E-state index contributed by atoms with van der Waals surface area (Å²) < 4.78 is 5.86. The fraction of sp³-hybridized carbons (Fsp3) is 0.182. The molecule has 5 N–H and O–H groups in total. The Morgan fingerprint density at radius 3 is 2.67 bits per heavy atom. The van der Waals surface area contributed by atoms with Gasteiger partial charge in [-0.15, -0.1) is 0 Å². The van der Waals surface area contributed by atoms with Gasteiger partial charge in [0.2, 0.25) is 0 Å². The summed E-state index contributed by atoms with van der Waals surface area (Å²) in [6.07, 6.45) is 0.853. The lowest BCUT2D eigenvalue weighted by atomic mass is 10.1. The lowest BCUT2D eigenvalue weighted by molar-refractivity contribution is 0.315. The van der Waals surface area contributed by atoms with Crippen molar-refractivity contribution in [3.8, 4) is 11.5 Å². The van der Waals surface area contributed by atoms with Crippen molar-refractivity contribution >= 4 is 27.5 Å². The highest BCUT2D eigenvalue weighted by Crippen LogP contribution is 2.28. The van der Waals surface area contributed by atoms with Gasteiger partial charge < -0.3 is 25.9 Å². The molecule has 5 heteroatoms. The molecule has 0 amide bonds. The van der Waals surface area contributed by atoms with E-state index in [2.05, 4.69) is 40.6 Å². The number of nitrogens with one attached hydrogen (secondary N) is 2. The normalized spacial score (nSPS) is 11.3. The van der Waals surface area contributed by atoms with E-state index in [4.69, 9.17) is 10.5 Å². The number of phenolic OH excluding ortho intramolecular Hbond substituents is 1. The number of hydrogen-bond acceptors (Lipinski definition) is 4. The zero-order valence-electron chi connectivity index (χ0n) is 15.0. The number of nitrogens with two attached hydrogens (primary N) is 1. The minimum absolute atomic E-state index is 0.132. The number of benzene rings is 3. The molecule has 0 aliphatic carbocycles. The summed E-state index contributed by atoms with van der Waals surface area (Å²) in [4.78, 5) is 3.43. The molecule has 138 valence electrons. The predicted molar refractivity (Wildman–Crippen MR) is 110 cm³/mol. The summed E-state index contributed by atoms with van der Waals surface area (Å²) >= 11 is 0. The maximum Gasteiger partial charge on any atom is 0.138 e. The second kappa shape index (κ2) is 7.60. The fourth-order valence-electron chi connectivity index (χ4n) is 3.28. The van der Waals surface area contributed by atoms with E-state index in [1.54, 1.807) is 6.07 Å². The molecule has 0 radical (unpaired) electrons. The second-order valence-corrected chi connectivity index (χ2v) is 6.62. The van der Waals surface area contributed by atoms with E-state index in [0.717, 1.165) is 41.9 Å². The van der Waals surface area contributed by atoms with Crippen molar-refractivity contribution in [2.24, 2.45) is 0 Å². The molecule has 4 aromatic rings. The minimum atomic E-state index is 0.132. The van der Waals surface area contributed by atoms with Crippen molar-refractivity contribution in [3.63, 3.8) is 0 Å². The molecule has 0 atom stereocenters. The predicted octanol–water partition coefficient (Wildman–Crippen LogP) is 3.82. The maximum absolute atomic E-state index is 9.44. The molecule has 0 saturated carbocycles. The van der Waals surface area contributed by atoms with Crippen LogP contribution in [0, 0.1) is 0 Å². The van der Waals surface area contributed by atoms with Gasteiger partial charge in [-0.1, -0.05) is 24.3 Å². The van der Waals surface area contributed by atoms with Crippen LogP contribution in [0.2, 0.25) is 0 Å². The number of H-pyrrole nitrogens is 1. The monoisotopic (exact) mass is 361 g/mol. The molecule has 3 aromatic carbocycles. The number of phenols is 1. The van der Waals surface area contributed by atoms with Crippen molar-refractivity contribution in [2.75, 3.05) is 25.4 Å². The summed E-state index contributed by atoms with van der Waals surface area (Å²) in [7, 11) is 0. The summed E-state index contributed by atoms with van der Waals surface area (Å²) in [6, 6.07) is 19.8. The summed E-state index contributed by atoms with van der Waals surface area (Å²) in [5.41, 5.74) is 9.46. The van der Waals surface area contributed by atoms with Crippen LogP contribution < -0.4 is 15.8 Å². The van der Waals surface area contributed by atoms with Gasteiger partial charge in [-0.25, -0.2) is 0 Å². The molecule has 4 rings (SSSR count). The van der Waals surface area contributed by atoms with Gasteiger partial charge >= 0.3 is 0 Å². The van der Waals surface area contributed by atoms with E-state index in [1.807, 2.05) is 24.3 Å². The standard InChI is InChI=1S/C22H23N3O2/c23-19-13-15(5-8-22(19)26)9-10-24-11-12-27-16-6-7-18-17-3-1-2-4-20(17)25-21(18)14-16/h1-8,13-14,24-26H,9-12,23H2. The van der Waals surface area contributed by atoms with Crippen LogP contribution in [-0.2, 0) is 6.42 Å². The van der Waals surface area contributed by atoms with E-state index >= 15 is 0 Å². The van der Waals surface area contributed by atoms with Crippen LogP contribution in [0.15, 0.2) is 60.7 Å². The third-order valence-corrected chi connectivity index (χ3v) is 4.71. The first-order valence-corrected chi connectivity index (χ1v) is 9.12. The van der Waals surface area contributed by atoms with E-state index in [0.29, 0.717) is 12.3 Å².